The van der Waals surface area contributed by atoms with Crippen molar-refractivity contribution in [3.63, 3.8) is 0 Å². The van der Waals surface area contributed by atoms with Crippen molar-refractivity contribution < 1.29 is 17.2 Å². The van der Waals surface area contributed by atoms with Crippen LogP contribution in [0.1, 0.15) is 38.5 Å². The molecular weight excluding hydrogens is 394 g/mol. The number of hydrogen-bond acceptors (Lipinski definition) is 3. The second-order valence-electron chi connectivity index (χ2n) is 8.02. The summed E-state index contributed by atoms with van der Waals surface area (Å²) in [5.74, 6) is -1.32. The smallest absolute Gasteiger partial charge is 0.240 e. The molecule has 2 aromatic carbocycles. The van der Waals surface area contributed by atoms with Gasteiger partial charge < -0.3 is 4.90 Å². The van der Waals surface area contributed by atoms with Crippen LogP contribution in [0.25, 0.3) is 11.1 Å². The van der Waals surface area contributed by atoms with Crippen molar-refractivity contribution in [2.45, 2.75) is 55.5 Å². The van der Waals surface area contributed by atoms with E-state index in [0.717, 1.165) is 31.7 Å². The average molecular weight is 421 g/mol. The van der Waals surface area contributed by atoms with Gasteiger partial charge in [0.25, 0.3) is 0 Å². The Hall–Kier alpha value is -1.83. The molecule has 2 fully saturated rings. The molecule has 0 unspecified atom stereocenters. The van der Waals surface area contributed by atoms with Crippen molar-refractivity contribution in [1.82, 2.24) is 9.62 Å². The van der Waals surface area contributed by atoms with Gasteiger partial charge in [-0.25, -0.2) is 21.9 Å². The maximum Gasteiger partial charge on any atom is 0.240 e. The van der Waals surface area contributed by atoms with E-state index in [2.05, 4.69) is 9.62 Å². The molecule has 2 aromatic rings. The zero-order valence-corrected chi connectivity index (χ0v) is 17.1. The van der Waals surface area contributed by atoms with E-state index in [1.807, 2.05) is 0 Å². The van der Waals surface area contributed by atoms with Gasteiger partial charge in [0.15, 0.2) is 0 Å². The van der Waals surface area contributed by atoms with Crippen LogP contribution < -0.4 is 4.72 Å². The quantitative estimate of drug-likeness (QED) is 0.784. The van der Waals surface area contributed by atoms with Crippen LogP contribution in [-0.2, 0) is 10.0 Å². The predicted molar refractivity (Wildman–Crippen MR) is 109 cm³/mol. The minimum absolute atomic E-state index is 0.0481. The molecule has 1 aliphatic carbocycles. The fourth-order valence-electron chi connectivity index (χ4n) is 4.49. The van der Waals surface area contributed by atoms with Crippen molar-refractivity contribution in [3.05, 3.63) is 54.1 Å². The third kappa shape index (κ3) is 4.68. The molecule has 29 heavy (non-hydrogen) atoms. The molecule has 4 nitrogen and oxygen atoms in total. The summed E-state index contributed by atoms with van der Waals surface area (Å²) in [6.45, 7) is 2.34. The van der Waals surface area contributed by atoms with Gasteiger partial charge in [0.2, 0.25) is 10.0 Å². The monoisotopic (exact) mass is 420 g/mol. The molecule has 156 valence electrons. The molecule has 1 aliphatic heterocycles. The summed E-state index contributed by atoms with van der Waals surface area (Å²) in [7, 11) is -3.63. The van der Waals surface area contributed by atoms with Crippen LogP contribution in [-0.4, -0.2) is 38.5 Å². The Morgan fingerprint density at radius 2 is 1.55 bits per heavy atom. The Morgan fingerprint density at radius 1 is 0.897 bits per heavy atom. The van der Waals surface area contributed by atoms with Gasteiger partial charge in [-0.15, -0.1) is 0 Å². The van der Waals surface area contributed by atoms with Crippen LogP contribution in [0.4, 0.5) is 8.78 Å². The van der Waals surface area contributed by atoms with Crippen molar-refractivity contribution >= 4 is 10.0 Å². The number of sulfonamides is 1. The predicted octanol–water partition coefficient (Wildman–Crippen LogP) is 4.32. The topological polar surface area (TPSA) is 49.4 Å². The van der Waals surface area contributed by atoms with E-state index in [4.69, 9.17) is 0 Å². The molecule has 0 amide bonds. The SMILES string of the molecule is O=S(=O)(NC1CCC(N2CCCC2)CC1)c1ccc(-c2ccc(F)cc2F)cc1. The zero-order chi connectivity index (χ0) is 20.4. The molecule has 1 saturated carbocycles. The Balaban J connectivity index is 1.40. The highest BCUT2D eigenvalue weighted by molar-refractivity contribution is 7.89. The standard InChI is InChI=1S/C22H26F2N2O2S/c23-17-5-12-21(22(24)15-17)16-3-10-20(11-4-16)29(27,28)25-18-6-8-19(9-7-18)26-13-1-2-14-26/h3-5,10-12,15,18-19,25H,1-2,6-9,13-14H2. The minimum atomic E-state index is -3.63. The molecule has 1 N–H and O–H groups in total. The largest absolute Gasteiger partial charge is 0.300 e. The summed E-state index contributed by atoms with van der Waals surface area (Å²) in [6.07, 6.45) is 6.28. The highest BCUT2D eigenvalue weighted by Gasteiger charge is 2.29. The van der Waals surface area contributed by atoms with Crippen molar-refractivity contribution in [2.24, 2.45) is 0 Å². The van der Waals surface area contributed by atoms with Crippen LogP contribution in [0, 0.1) is 11.6 Å². The van der Waals surface area contributed by atoms with E-state index < -0.39 is 21.7 Å². The van der Waals surface area contributed by atoms with Gasteiger partial charge in [0.1, 0.15) is 11.6 Å². The third-order valence-corrected chi connectivity index (χ3v) is 7.62. The van der Waals surface area contributed by atoms with Gasteiger partial charge in [0, 0.05) is 23.7 Å². The van der Waals surface area contributed by atoms with Gasteiger partial charge in [-0.2, -0.15) is 0 Å². The lowest BCUT2D eigenvalue weighted by Gasteiger charge is -2.34. The highest BCUT2D eigenvalue weighted by Crippen LogP contribution is 2.28. The number of nitrogens with zero attached hydrogens (tertiary/aromatic N) is 1. The first kappa shape index (κ1) is 20.4. The van der Waals surface area contributed by atoms with Gasteiger partial charge >= 0.3 is 0 Å². The normalized spacial score (nSPS) is 23.4. The molecule has 0 bridgehead atoms. The van der Waals surface area contributed by atoms with Crippen molar-refractivity contribution in [1.29, 1.82) is 0 Å². The first-order chi connectivity index (χ1) is 13.9. The number of hydrogen-bond donors (Lipinski definition) is 1. The molecule has 0 spiro atoms. The second kappa shape index (κ2) is 8.50. The Morgan fingerprint density at radius 3 is 2.17 bits per heavy atom. The fourth-order valence-corrected chi connectivity index (χ4v) is 5.80. The number of rotatable bonds is 5. The third-order valence-electron chi connectivity index (χ3n) is 6.08. The molecule has 0 atom stereocenters. The fraction of sp³-hybridized carbons (Fsp3) is 0.455. The lowest BCUT2D eigenvalue weighted by atomic mass is 9.91. The van der Waals surface area contributed by atoms with Gasteiger partial charge in [0.05, 0.1) is 4.90 Å². The van der Waals surface area contributed by atoms with Crippen LogP contribution >= 0.6 is 0 Å². The molecule has 0 radical (unpaired) electrons. The van der Waals surface area contributed by atoms with Gasteiger partial charge in [-0.1, -0.05) is 12.1 Å². The maximum absolute atomic E-state index is 13.9. The number of benzene rings is 2. The molecule has 4 rings (SSSR count). The zero-order valence-electron chi connectivity index (χ0n) is 16.3. The van der Waals surface area contributed by atoms with E-state index in [1.165, 1.54) is 50.2 Å². The van der Waals surface area contributed by atoms with Crippen LogP contribution in [0.15, 0.2) is 47.4 Å². The Bertz CT molecular complexity index is 949. The van der Waals surface area contributed by atoms with E-state index in [1.54, 1.807) is 12.1 Å². The van der Waals surface area contributed by atoms with Crippen LogP contribution in [0.3, 0.4) is 0 Å². The lowest BCUT2D eigenvalue weighted by Crippen LogP contribution is -2.43. The Labute approximate surface area is 171 Å². The van der Waals surface area contributed by atoms with Crippen molar-refractivity contribution in [2.75, 3.05) is 13.1 Å². The minimum Gasteiger partial charge on any atom is -0.300 e. The summed E-state index contributed by atoms with van der Waals surface area (Å²) in [4.78, 5) is 2.70. The summed E-state index contributed by atoms with van der Waals surface area (Å²) in [5.41, 5.74) is 0.746. The lowest BCUT2D eigenvalue weighted by molar-refractivity contribution is 0.179. The van der Waals surface area contributed by atoms with Gasteiger partial charge in [-0.3, -0.25) is 0 Å². The van der Waals surface area contributed by atoms with E-state index in [0.29, 0.717) is 11.6 Å². The van der Waals surface area contributed by atoms with E-state index in [-0.39, 0.29) is 16.5 Å². The highest BCUT2D eigenvalue weighted by atomic mass is 32.2. The molecule has 7 heteroatoms. The average Bonchev–Trinajstić information content (AvgIpc) is 3.23. The number of nitrogens with one attached hydrogen (secondary N) is 1. The number of halogens is 2. The second-order valence-corrected chi connectivity index (χ2v) is 9.73. The first-order valence-corrected chi connectivity index (χ1v) is 11.7. The summed E-state index contributed by atoms with van der Waals surface area (Å²) >= 11 is 0. The molecule has 2 aliphatic rings. The van der Waals surface area contributed by atoms with Crippen LogP contribution in [0.5, 0.6) is 0 Å². The maximum atomic E-state index is 13.9. The summed E-state index contributed by atoms with van der Waals surface area (Å²) < 4.78 is 55.4. The summed E-state index contributed by atoms with van der Waals surface area (Å²) in [5, 5.41) is 0. The first-order valence-electron chi connectivity index (χ1n) is 10.2. The molecular formula is C22H26F2N2O2S. The number of likely N-dealkylation sites (tertiary alicyclic amines) is 1. The van der Waals surface area contributed by atoms with Crippen LogP contribution in [0.2, 0.25) is 0 Å². The van der Waals surface area contributed by atoms with E-state index in [9.17, 15) is 17.2 Å². The van der Waals surface area contributed by atoms with Crippen molar-refractivity contribution in [3.8, 4) is 11.1 Å². The van der Waals surface area contributed by atoms with E-state index >= 15 is 0 Å². The Kier molecular flexibility index (Phi) is 5.99. The molecule has 0 aromatic heterocycles. The molecule has 1 saturated heterocycles. The van der Waals surface area contributed by atoms with Gasteiger partial charge in [-0.05, 0) is 81.4 Å². The summed E-state index contributed by atoms with van der Waals surface area (Å²) in [6, 6.07) is 9.93. The molecule has 1 heterocycles.